The van der Waals surface area contributed by atoms with Crippen molar-refractivity contribution in [3.63, 3.8) is 0 Å². The molecule has 16 heavy (non-hydrogen) atoms. The number of rotatable bonds is 2. The van der Waals surface area contributed by atoms with Crippen LogP contribution in [0.1, 0.15) is 0 Å². The van der Waals surface area contributed by atoms with Crippen LogP contribution in [0.5, 0.6) is 0 Å². The molecule has 2 aromatic carbocycles. The maximum absolute atomic E-state index is 5.91. The van der Waals surface area contributed by atoms with Gasteiger partial charge in [0.1, 0.15) is 0 Å². The molecule has 2 heteroatoms. The predicted molar refractivity (Wildman–Crippen MR) is 75.4 cm³/mol. The van der Waals surface area contributed by atoms with Gasteiger partial charge in [0.15, 0.2) is 0 Å². The fourth-order valence-corrected chi connectivity index (χ4v) is 4.92. The van der Waals surface area contributed by atoms with Gasteiger partial charge in [-0.25, -0.2) is 0 Å². The Labute approximate surface area is 106 Å². The van der Waals surface area contributed by atoms with Crippen LogP contribution in [0.2, 0.25) is 16.5 Å². The van der Waals surface area contributed by atoms with Crippen LogP contribution in [-0.4, -0.2) is 14.3 Å². The van der Waals surface area contributed by atoms with Gasteiger partial charge < -0.3 is 0 Å². The van der Waals surface area contributed by atoms with E-state index in [0.717, 1.165) is 5.02 Å². The Bertz CT molecular complexity index is 474. The third kappa shape index (κ3) is 2.50. The van der Waals surface area contributed by atoms with Crippen molar-refractivity contribution >= 4 is 30.3 Å². The topological polar surface area (TPSA) is 0 Å². The average molecular weight is 291 g/mol. The third-order valence-corrected chi connectivity index (χ3v) is 6.66. The number of hydrogen-bond acceptors (Lipinski definition) is 0. The zero-order valence-corrected chi connectivity index (χ0v) is 12.8. The Morgan fingerprint density at radius 2 is 1.50 bits per heavy atom. The molecule has 0 saturated heterocycles. The van der Waals surface area contributed by atoms with Gasteiger partial charge in [0.25, 0.3) is 0 Å². The van der Waals surface area contributed by atoms with E-state index in [0.29, 0.717) is 0 Å². The van der Waals surface area contributed by atoms with Crippen molar-refractivity contribution in [1.82, 2.24) is 0 Å². The zero-order chi connectivity index (χ0) is 11.5. The van der Waals surface area contributed by atoms with E-state index < -0.39 is 14.3 Å². The van der Waals surface area contributed by atoms with Gasteiger partial charge in [-0.3, -0.25) is 0 Å². The Morgan fingerprint density at radius 1 is 0.875 bits per heavy atom. The Morgan fingerprint density at radius 3 is 2.12 bits per heavy atom. The summed E-state index contributed by atoms with van der Waals surface area (Å²) in [6.07, 6.45) is 0. The molecular formula is C14H15ClGe. The molecule has 0 spiro atoms. The first-order valence-corrected chi connectivity index (χ1v) is 12.0. The molecule has 0 radical (unpaired) electrons. The van der Waals surface area contributed by atoms with Gasteiger partial charge in [-0.15, -0.1) is 0 Å². The summed E-state index contributed by atoms with van der Waals surface area (Å²) in [5.74, 6) is 4.81. The Balaban J connectivity index is 2.51. The van der Waals surface area contributed by atoms with Crippen LogP contribution in [-0.2, 0) is 0 Å². The van der Waals surface area contributed by atoms with Gasteiger partial charge in [0, 0.05) is 0 Å². The van der Waals surface area contributed by atoms with Crippen molar-refractivity contribution in [2.75, 3.05) is 0 Å². The average Bonchev–Trinajstić information content (AvgIpc) is 2.30. The van der Waals surface area contributed by atoms with Crippen molar-refractivity contribution in [2.45, 2.75) is 11.5 Å². The summed E-state index contributed by atoms with van der Waals surface area (Å²) in [6, 6.07) is 16.9. The summed E-state index contributed by atoms with van der Waals surface area (Å²) < 4.78 is 1.57. The van der Waals surface area contributed by atoms with E-state index in [2.05, 4.69) is 47.9 Å². The van der Waals surface area contributed by atoms with E-state index in [-0.39, 0.29) is 0 Å². The van der Waals surface area contributed by atoms with Crippen LogP contribution in [0.4, 0.5) is 0 Å². The van der Waals surface area contributed by atoms with Gasteiger partial charge >= 0.3 is 107 Å². The predicted octanol–water partition coefficient (Wildman–Crippen LogP) is 3.70. The molecule has 0 heterocycles. The summed E-state index contributed by atoms with van der Waals surface area (Å²) in [6.45, 7) is 0. The van der Waals surface area contributed by atoms with Gasteiger partial charge in [0.2, 0.25) is 0 Å². The Hall–Kier alpha value is -0.727. The minimum atomic E-state index is -1.24. The van der Waals surface area contributed by atoms with Crippen LogP contribution in [0.15, 0.2) is 48.5 Å². The van der Waals surface area contributed by atoms with Gasteiger partial charge in [-0.2, -0.15) is 0 Å². The second kappa shape index (κ2) is 5.07. The van der Waals surface area contributed by atoms with Crippen LogP contribution < -0.4 is 4.40 Å². The first-order chi connectivity index (χ1) is 7.68. The first-order valence-electron chi connectivity index (χ1n) is 5.53. The van der Waals surface area contributed by atoms with Crippen LogP contribution >= 0.6 is 11.6 Å². The molecule has 0 unspecified atom stereocenters. The standard InChI is InChI=1S/C14H15ClGe/c1-16(2)14-6-4-3-5-13(14)11-7-9-12(15)10-8-11/h3-10,16H,1-2H3. The Kier molecular flexibility index (Phi) is 3.72. The molecule has 0 atom stereocenters. The second-order valence-electron chi connectivity index (χ2n) is 4.25. The minimum absolute atomic E-state index is 0.798. The van der Waals surface area contributed by atoms with Gasteiger partial charge in [0.05, 0.1) is 0 Å². The number of benzene rings is 2. The molecule has 0 aliphatic heterocycles. The van der Waals surface area contributed by atoms with Gasteiger partial charge in [-0.05, 0) is 0 Å². The summed E-state index contributed by atoms with van der Waals surface area (Å²) >= 11 is 4.67. The van der Waals surface area contributed by atoms with Crippen molar-refractivity contribution in [1.29, 1.82) is 0 Å². The van der Waals surface area contributed by atoms with E-state index in [1.165, 1.54) is 11.1 Å². The first kappa shape index (κ1) is 11.7. The molecule has 0 aromatic heterocycles. The van der Waals surface area contributed by atoms with Crippen LogP contribution in [0.3, 0.4) is 0 Å². The molecule has 0 aliphatic carbocycles. The van der Waals surface area contributed by atoms with Crippen LogP contribution in [0.25, 0.3) is 11.1 Å². The molecule has 0 N–H and O–H groups in total. The van der Waals surface area contributed by atoms with Crippen molar-refractivity contribution in [3.05, 3.63) is 53.6 Å². The van der Waals surface area contributed by atoms with Gasteiger partial charge in [-0.1, -0.05) is 0 Å². The third-order valence-electron chi connectivity index (χ3n) is 2.74. The van der Waals surface area contributed by atoms with E-state index >= 15 is 0 Å². The van der Waals surface area contributed by atoms with Crippen molar-refractivity contribution < 1.29 is 0 Å². The molecular weight excluding hydrogens is 276 g/mol. The molecule has 0 nitrogen and oxygen atoms in total. The summed E-state index contributed by atoms with van der Waals surface area (Å²) in [7, 11) is 0. The van der Waals surface area contributed by atoms with E-state index in [4.69, 9.17) is 11.6 Å². The van der Waals surface area contributed by atoms with Crippen LogP contribution in [0, 0.1) is 0 Å². The molecule has 0 amide bonds. The maximum atomic E-state index is 5.91. The van der Waals surface area contributed by atoms with E-state index in [1.807, 2.05) is 12.1 Å². The summed E-state index contributed by atoms with van der Waals surface area (Å²) in [5, 5.41) is 0.798. The van der Waals surface area contributed by atoms with Crippen molar-refractivity contribution in [2.24, 2.45) is 0 Å². The molecule has 2 rings (SSSR count). The molecule has 82 valence electrons. The molecule has 0 aliphatic rings. The number of hydrogen-bond donors (Lipinski definition) is 0. The molecule has 0 saturated carbocycles. The fourth-order valence-electron chi connectivity index (χ4n) is 1.89. The van der Waals surface area contributed by atoms with E-state index in [9.17, 15) is 0 Å². The molecule has 2 aromatic rings. The molecule has 0 fully saturated rings. The molecule has 0 bridgehead atoms. The SMILES string of the molecule is [CH3][GeH]([CH3])[c]1ccccc1-c1ccc(Cl)cc1. The zero-order valence-electron chi connectivity index (χ0n) is 9.57. The number of halogens is 1. The quantitative estimate of drug-likeness (QED) is 0.740. The second-order valence-corrected chi connectivity index (χ2v) is 10.8. The normalized spacial score (nSPS) is 10.8. The summed E-state index contributed by atoms with van der Waals surface area (Å²) in [4.78, 5) is 0. The fraction of sp³-hybridized carbons (Fsp3) is 0.143. The van der Waals surface area contributed by atoms with E-state index in [1.54, 1.807) is 4.40 Å². The summed E-state index contributed by atoms with van der Waals surface area (Å²) in [5.41, 5.74) is 2.66. The monoisotopic (exact) mass is 292 g/mol. The van der Waals surface area contributed by atoms with Crippen molar-refractivity contribution in [3.8, 4) is 11.1 Å².